The first-order valence-electron chi connectivity index (χ1n) is 19.9. The van der Waals surface area contributed by atoms with E-state index in [0.29, 0.717) is 0 Å². The minimum atomic E-state index is -2.86. The highest BCUT2D eigenvalue weighted by atomic mass is 16.7. The van der Waals surface area contributed by atoms with Gasteiger partial charge in [-0.2, -0.15) is 0 Å². The number of rotatable bonds is 8. The second-order valence-corrected chi connectivity index (χ2v) is 16.5. The molecule has 1 aromatic carbocycles. The molecule has 0 unspecified atom stereocenters. The maximum atomic E-state index is 14.6. The average molecular weight is 868 g/mol. The zero-order valence-corrected chi connectivity index (χ0v) is 35.6. The number of carbonyl (C=O) groups is 8. The number of hydrogen-bond acceptors (Lipinski definition) is 19. The Morgan fingerprint density at radius 2 is 1.32 bits per heavy atom. The molecule has 1 spiro atoms. The predicted octanol–water partition coefficient (Wildman–Crippen LogP) is 2.33. The first-order valence-corrected chi connectivity index (χ1v) is 19.9. The Hall–Kier alpha value is -5.95. The SMILES string of the molecule is CC(=O)OC[C@@]12[C@H](OC(C)=O)[C@H](OC(C)=O)[C@@H]3[C@@H](OC(C)=O)[C@@]14O[C@@]3(C)COC(=O)c1cccnc1[C@@H](C)[C@H](C)C(=O)O[C@@H]([C@H](OC(C)=O)[C@@H]2OC(=O)c1ccccc1)[C@]4(C)O. The Labute approximate surface area is 355 Å². The molecule has 1 aromatic heterocycles. The number of carbonyl (C=O) groups excluding carboxylic acids is 8. The quantitative estimate of drug-likeness (QED) is 0.295. The third-order valence-corrected chi connectivity index (χ3v) is 12.4. The number of benzene rings is 1. The van der Waals surface area contributed by atoms with Crippen molar-refractivity contribution < 1.29 is 86.1 Å². The Morgan fingerprint density at radius 1 is 0.742 bits per heavy atom. The normalized spacial score (nSPS) is 36.0. The number of esters is 8. The fourth-order valence-corrected chi connectivity index (χ4v) is 9.83. The fraction of sp³-hybridized carbons (Fsp3) is 0.558. The summed E-state index contributed by atoms with van der Waals surface area (Å²) in [7, 11) is 0. The van der Waals surface area contributed by atoms with E-state index in [1.807, 2.05) is 0 Å². The number of hydrogen-bond donors (Lipinski definition) is 1. The second kappa shape index (κ2) is 16.7. The first kappa shape index (κ1) is 45.6. The van der Waals surface area contributed by atoms with E-state index >= 15 is 0 Å². The molecule has 19 heteroatoms. The number of aromatic nitrogens is 1. The summed E-state index contributed by atoms with van der Waals surface area (Å²) in [6, 6.07) is 10.3. The number of cyclic esters (lactones) is 1. The van der Waals surface area contributed by atoms with Gasteiger partial charge in [0.2, 0.25) is 0 Å². The summed E-state index contributed by atoms with van der Waals surface area (Å²) >= 11 is 0. The highest BCUT2D eigenvalue weighted by Gasteiger charge is 2.92. The average Bonchev–Trinajstić information content (AvgIpc) is 3.42. The molecule has 62 heavy (non-hydrogen) atoms. The fourth-order valence-electron chi connectivity index (χ4n) is 9.83. The standard InChI is InChI=1S/C43H49NO18/c1-20-21(2)37(50)60-34-32(57-24(5)47)36(61-38(51)27-14-11-10-12-15-27)42(19-54-22(3)45)35(59-26(7)49)31(56-23(4)46)29-33(58-25(6)48)43(42,41(34,9)53)62-40(29,8)18-55-39(52)28-16-13-17-44-30(20)28/h10-17,20-21,29,31-36,53H,18-19H2,1-9H3/t20-,21-,29+,31+,32-,33+,34-,35+,36-,40-,41-,42-,43-/m0/s1. The van der Waals surface area contributed by atoms with Gasteiger partial charge >= 0.3 is 47.8 Å². The summed E-state index contributed by atoms with van der Waals surface area (Å²) in [5.41, 5.74) is -10.4. The molecule has 3 heterocycles. The molecule has 19 nitrogen and oxygen atoms in total. The molecule has 3 fully saturated rings. The molecular weight excluding hydrogens is 818 g/mol. The maximum Gasteiger partial charge on any atom is 0.340 e. The van der Waals surface area contributed by atoms with Crippen LogP contribution in [0.15, 0.2) is 48.7 Å². The first-order chi connectivity index (χ1) is 29.0. The van der Waals surface area contributed by atoms with Crippen molar-refractivity contribution in [3.8, 4) is 0 Å². The maximum absolute atomic E-state index is 14.6. The van der Waals surface area contributed by atoms with Gasteiger partial charge in [0.1, 0.15) is 42.0 Å². The van der Waals surface area contributed by atoms with Gasteiger partial charge in [-0.3, -0.25) is 33.8 Å². The van der Waals surface area contributed by atoms with E-state index in [-0.39, 0.29) is 16.8 Å². The van der Waals surface area contributed by atoms with Crippen molar-refractivity contribution in [3.63, 3.8) is 0 Å². The van der Waals surface area contributed by atoms with Gasteiger partial charge in [0, 0.05) is 46.7 Å². The number of fused-ring (bicyclic) bond motifs is 5. The molecule has 0 amide bonds. The molecule has 13 atom stereocenters. The molecule has 334 valence electrons. The van der Waals surface area contributed by atoms with Crippen LogP contribution in [0.4, 0.5) is 0 Å². The van der Waals surface area contributed by atoms with Crippen molar-refractivity contribution in [2.24, 2.45) is 17.3 Å². The van der Waals surface area contributed by atoms with E-state index in [0.717, 1.165) is 41.5 Å². The lowest BCUT2D eigenvalue weighted by atomic mass is 9.45. The van der Waals surface area contributed by atoms with Crippen molar-refractivity contribution in [1.29, 1.82) is 0 Å². The molecule has 4 bridgehead atoms. The summed E-state index contributed by atoms with van der Waals surface area (Å²) in [4.78, 5) is 114. The molecule has 1 N–H and O–H groups in total. The summed E-state index contributed by atoms with van der Waals surface area (Å²) in [6.07, 6.45) is -10.8. The second-order valence-electron chi connectivity index (χ2n) is 16.5. The van der Waals surface area contributed by atoms with Crippen LogP contribution in [-0.2, 0) is 71.4 Å². The van der Waals surface area contributed by atoms with E-state index in [9.17, 15) is 43.5 Å². The molecule has 2 saturated carbocycles. The Morgan fingerprint density at radius 3 is 1.92 bits per heavy atom. The van der Waals surface area contributed by atoms with Crippen LogP contribution in [0.1, 0.15) is 94.6 Å². The van der Waals surface area contributed by atoms with E-state index in [2.05, 4.69) is 4.98 Å². The lowest BCUT2D eigenvalue weighted by Gasteiger charge is -2.67. The van der Waals surface area contributed by atoms with Gasteiger partial charge in [-0.25, -0.2) is 9.59 Å². The zero-order chi connectivity index (χ0) is 45.7. The van der Waals surface area contributed by atoms with Crippen LogP contribution in [0.3, 0.4) is 0 Å². The topological polar surface area (TPSA) is 253 Å². The molecule has 1 saturated heterocycles. The van der Waals surface area contributed by atoms with Crippen LogP contribution in [-0.4, -0.2) is 124 Å². The van der Waals surface area contributed by atoms with Crippen LogP contribution in [0.2, 0.25) is 0 Å². The van der Waals surface area contributed by atoms with Gasteiger partial charge in [0.05, 0.1) is 28.7 Å². The number of pyridine rings is 1. The van der Waals surface area contributed by atoms with Gasteiger partial charge in [0.25, 0.3) is 0 Å². The van der Waals surface area contributed by atoms with Gasteiger partial charge in [-0.15, -0.1) is 0 Å². The molecule has 4 aliphatic rings. The van der Waals surface area contributed by atoms with Crippen LogP contribution < -0.4 is 0 Å². The number of ether oxygens (including phenoxy) is 9. The van der Waals surface area contributed by atoms with Gasteiger partial charge in [-0.1, -0.05) is 32.0 Å². The third-order valence-electron chi connectivity index (χ3n) is 12.4. The van der Waals surface area contributed by atoms with Crippen molar-refractivity contribution in [1.82, 2.24) is 4.98 Å². The summed E-state index contributed by atoms with van der Waals surface area (Å²) in [6.45, 7) is 8.69. The monoisotopic (exact) mass is 867 g/mol. The van der Waals surface area contributed by atoms with Gasteiger partial charge in [-0.05, 0) is 38.1 Å². The number of nitrogens with zero attached hydrogens (tertiary/aromatic N) is 1. The summed E-state index contributed by atoms with van der Waals surface area (Å²) in [5, 5.41) is 13.6. The van der Waals surface area contributed by atoms with Gasteiger partial charge < -0.3 is 47.7 Å². The molecule has 0 radical (unpaired) electrons. The summed E-state index contributed by atoms with van der Waals surface area (Å²) < 4.78 is 55.5. The Balaban J connectivity index is 1.81. The molecular formula is C43H49NO18. The van der Waals surface area contributed by atoms with Crippen molar-refractivity contribution in [2.45, 2.75) is 122 Å². The molecule has 2 aliphatic heterocycles. The lowest BCUT2D eigenvalue weighted by molar-refractivity contribution is -0.385. The Kier molecular flexibility index (Phi) is 12.3. The van der Waals surface area contributed by atoms with Crippen LogP contribution >= 0.6 is 0 Å². The van der Waals surface area contributed by atoms with Crippen molar-refractivity contribution in [3.05, 3.63) is 65.5 Å². The lowest BCUT2D eigenvalue weighted by Crippen LogP contribution is -2.89. The largest absolute Gasteiger partial charge is 0.465 e. The zero-order valence-electron chi connectivity index (χ0n) is 35.6. The Bertz CT molecular complexity index is 2160. The molecule has 2 aromatic rings. The number of aliphatic hydroxyl groups is 1. The minimum absolute atomic E-state index is 0.0487. The predicted molar refractivity (Wildman–Crippen MR) is 205 cm³/mol. The highest BCUT2D eigenvalue weighted by Crippen LogP contribution is 2.70. The van der Waals surface area contributed by atoms with E-state index in [1.54, 1.807) is 13.0 Å². The summed E-state index contributed by atoms with van der Waals surface area (Å²) in [5.74, 6) is -11.8. The molecule has 2 aliphatic carbocycles. The minimum Gasteiger partial charge on any atom is -0.465 e. The van der Waals surface area contributed by atoms with E-state index in [4.69, 9.17) is 42.6 Å². The van der Waals surface area contributed by atoms with E-state index < -0.39 is 138 Å². The van der Waals surface area contributed by atoms with Crippen molar-refractivity contribution >= 4 is 47.8 Å². The highest BCUT2D eigenvalue weighted by molar-refractivity contribution is 5.91. The molecule has 6 rings (SSSR count). The van der Waals surface area contributed by atoms with Crippen LogP contribution in [0, 0.1) is 17.3 Å². The van der Waals surface area contributed by atoms with Crippen molar-refractivity contribution in [2.75, 3.05) is 13.2 Å². The van der Waals surface area contributed by atoms with E-state index in [1.165, 1.54) is 56.4 Å². The smallest absolute Gasteiger partial charge is 0.340 e. The van der Waals surface area contributed by atoms with Gasteiger partial charge in [0.15, 0.2) is 30.0 Å². The van der Waals surface area contributed by atoms with Crippen LogP contribution in [0.25, 0.3) is 0 Å². The van der Waals surface area contributed by atoms with Crippen LogP contribution in [0.5, 0.6) is 0 Å². The third kappa shape index (κ3) is 7.43.